The van der Waals surface area contributed by atoms with Crippen molar-refractivity contribution in [3.8, 4) is 17.2 Å². The summed E-state index contributed by atoms with van der Waals surface area (Å²) in [5.74, 6) is 1.83. The molecule has 0 fully saturated rings. The summed E-state index contributed by atoms with van der Waals surface area (Å²) in [5.41, 5.74) is 2.23. The van der Waals surface area contributed by atoms with Crippen molar-refractivity contribution in [3.05, 3.63) is 69.7 Å². The van der Waals surface area contributed by atoms with E-state index in [0.717, 1.165) is 16.3 Å². The summed E-state index contributed by atoms with van der Waals surface area (Å²) in [6.45, 7) is 2.65. The molecule has 3 aromatic rings. The number of hydrogen-bond acceptors (Lipinski definition) is 6. The number of carbonyl (C=O) groups is 1. The Balaban J connectivity index is 1.63. The van der Waals surface area contributed by atoms with E-state index >= 15 is 0 Å². The van der Waals surface area contributed by atoms with E-state index in [1.807, 2.05) is 36.6 Å². The number of nitrogens with zero attached hydrogens (tertiary/aromatic N) is 1. The Bertz CT molecular complexity index is 955. The topological polar surface area (TPSA) is 69.7 Å². The summed E-state index contributed by atoms with van der Waals surface area (Å²) < 4.78 is 16.3. The lowest BCUT2D eigenvalue weighted by Crippen LogP contribution is -2.23. The fourth-order valence-electron chi connectivity index (χ4n) is 2.66. The Kier molecular flexibility index (Phi) is 6.49. The molecule has 1 aromatic heterocycles. The molecule has 0 saturated carbocycles. The van der Waals surface area contributed by atoms with Crippen LogP contribution in [0.2, 0.25) is 0 Å². The Morgan fingerprint density at radius 3 is 2.68 bits per heavy atom. The van der Waals surface area contributed by atoms with Crippen LogP contribution in [0.4, 0.5) is 0 Å². The average Bonchev–Trinajstić information content (AvgIpc) is 3.15. The Hall–Kier alpha value is -3.06. The molecular weight excluding hydrogens is 376 g/mol. The maximum Gasteiger partial charge on any atom is 0.251 e. The average molecular weight is 398 g/mol. The van der Waals surface area contributed by atoms with Gasteiger partial charge in [0.25, 0.3) is 5.91 Å². The van der Waals surface area contributed by atoms with Gasteiger partial charge < -0.3 is 19.5 Å². The largest absolute Gasteiger partial charge is 0.497 e. The fraction of sp³-hybridized carbons (Fsp3) is 0.238. The summed E-state index contributed by atoms with van der Waals surface area (Å²) in [6.07, 6.45) is 0. The molecule has 7 heteroatoms. The zero-order valence-electron chi connectivity index (χ0n) is 16.0. The third-order valence-electron chi connectivity index (χ3n) is 4.08. The van der Waals surface area contributed by atoms with Crippen LogP contribution in [0, 0.1) is 6.92 Å². The van der Waals surface area contributed by atoms with Gasteiger partial charge in [-0.3, -0.25) is 4.79 Å². The number of nitrogens with one attached hydrogen (secondary N) is 1. The number of thiazole rings is 1. The molecule has 1 amide bonds. The first-order valence-electron chi connectivity index (χ1n) is 8.72. The van der Waals surface area contributed by atoms with Gasteiger partial charge in [0.1, 0.15) is 23.9 Å². The molecule has 0 aliphatic heterocycles. The van der Waals surface area contributed by atoms with Gasteiger partial charge in [-0.1, -0.05) is 6.07 Å². The lowest BCUT2D eigenvalue weighted by atomic mass is 10.1. The number of rotatable bonds is 8. The summed E-state index contributed by atoms with van der Waals surface area (Å²) in [5, 5.41) is 5.87. The molecule has 146 valence electrons. The molecule has 0 unspecified atom stereocenters. The number of ether oxygens (including phenoxy) is 3. The summed E-state index contributed by atoms with van der Waals surface area (Å²) in [7, 11) is 3.19. The molecule has 0 aliphatic carbocycles. The molecule has 1 heterocycles. The summed E-state index contributed by atoms with van der Waals surface area (Å²) in [4.78, 5) is 16.9. The van der Waals surface area contributed by atoms with Gasteiger partial charge in [-0.15, -0.1) is 11.3 Å². The zero-order chi connectivity index (χ0) is 19.9. The van der Waals surface area contributed by atoms with E-state index < -0.39 is 0 Å². The molecule has 0 bridgehead atoms. The monoisotopic (exact) mass is 398 g/mol. The van der Waals surface area contributed by atoms with E-state index in [4.69, 9.17) is 14.2 Å². The molecule has 0 saturated heterocycles. The number of amides is 1. The number of carbonyl (C=O) groups excluding carboxylic acids is 1. The summed E-state index contributed by atoms with van der Waals surface area (Å²) in [6, 6.07) is 12.6. The van der Waals surface area contributed by atoms with Crippen LogP contribution in [0.5, 0.6) is 17.2 Å². The smallest absolute Gasteiger partial charge is 0.251 e. The Labute approximate surface area is 168 Å². The van der Waals surface area contributed by atoms with Gasteiger partial charge in [0, 0.05) is 23.1 Å². The molecule has 0 spiro atoms. The molecule has 1 N–H and O–H groups in total. The first kappa shape index (κ1) is 19.7. The van der Waals surface area contributed by atoms with Gasteiger partial charge in [0.15, 0.2) is 0 Å². The minimum absolute atomic E-state index is 0.195. The number of benzene rings is 2. The van der Waals surface area contributed by atoms with Gasteiger partial charge >= 0.3 is 0 Å². The highest BCUT2D eigenvalue weighted by atomic mass is 32.1. The predicted molar refractivity (Wildman–Crippen MR) is 108 cm³/mol. The van der Waals surface area contributed by atoms with Crippen LogP contribution in [0.3, 0.4) is 0 Å². The fourth-order valence-corrected chi connectivity index (χ4v) is 3.25. The van der Waals surface area contributed by atoms with Crippen molar-refractivity contribution in [1.82, 2.24) is 10.3 Å². The quantitative estimate of drug-likeness (QED) is 0.622. The molecular formula is C21H22N2O4S. The number of aryl methyl sites for hydroxylation is 1. The Morgan fingerprint density at radius 2 is 1.96 bits per heavy atom. The molecule has 0 aliphatic rings. The maximum absolute atomic E-state index is 12.6. The minimum Gasteiger partial charge on any atom is -0.497 e. The maximum atomic E-state index is 12.6. The SMILES string of the molecule is COc1ccc(OC)c(CNC(=O)c2cccc(OCc3csc(C)n3)c2)c1. The van der Waals surface area contributed by atoms with Crippen molar-refractivity contribution in [2.24, 2.45) is 0 Å². The van der Waals surface area contributed by atoms with Crippen LogP contribution in [-0.4, -0.2) is 25.1 Å². The number of methoxy groups -OCH3 is 2. The highest BCUT2D eigenvalue weighted by Gasteiger charge is 2.10. The van der Waals surface area contributed by atoms with Crippen LogP contribution >= 0.6 is 11.3 Å². The van der Waals surface area contributed by atoms with E-state index in [1.54, 1.807) is 43.8 Å². The highest BCUT2D eigenvalue weighted by molar-refractivity contribution is 7.09. The predicted octanol–water partition coefficient (Wildman–Crippen LogP) is 3.98. The summed E-state index contributed by atoms with van der Waals surface area (Å²) >= 11 is 1.58. The number of hydrogen-bond donors (Lipinski definition) is 1. The van der Waals surface area contributed by atoms with Crippen molar-refractivity contribution in [2.45, 2.75) is 20.1 Å². The molecule has 0 atom stereocenters. The Morgan fingerprint density at radius 1 is 1.11 bits per heavy atom. The standard InChI is InChI=1S/C21H22N2O4S/c1-14-23-17(13-28-14)12-27-19-6-4-5-15(9-19)21(24)22-11-16-10-18(25-2)7-8-20(16)26-3/h4-10,13H,11-12H2,1-3H3,(H,22,24). The van der Waals surface area contributed by atoms with Crippen LogP contribution in [0.25, 0.3) is 0 Å². The van der Waals surface area contributed by atoms with Gasteiger partial charge in [0.05, 0.1) is 24.9 Å². The molecule has 3 rings (SSSR count). The molecule has 6 nitrogen and oxygen atoms in total. The molecule has 2 aromatic carbocycles. The van der Waals surface area contributed by atoms with Gasteiger partial charge in [-0.2, -0.15) is 0 Å². The van der Waals surface area contributed by atoms with Crippen molar-refractivity contribution in [2.75, 3.05) is 14.2 Å². The normalized spacial score (nSPS) is 10.4. The van der Waals surface area contributed by atoms with Gasteiger partial charge in [-0.25, -0.2) is 4.98 Å². The second kappa shape index (κ2) is 9.23. The first-order chi connectivity index (χ1) is 13.6. The lowest BCUT2D eigenvalue weighted by Gasteiger charge is -2.12. The van der Waals surface area contributed by atoms with Crippen molar-refractivity contribution < 1.29 is 19.0 Å². The lowest BCUT2D eigenvalue weighted by molar-refractivity contribution is 0.0950. The van der Waals surface area contributed by atoms with Crippen molar-refractivity contribution >= 4 is 17.2 Å². The van der Waals surface area contributed by atoms with E-state index in [2.05, 4.69) is 10.3 Å². The van der Waals surface area contributed by atoms with Crippen molar-refractivity contribution in [3.63, 3.8) is 0 Å². The third kappa shape index (κ3) is 5.01. The van der Waals surface area contributed by atoms with E-state index in [9.17, 15) is 4.79 Å². The van der Waals surface area contributed by atoms with Crippen LogP contribution in [0.15, 0.2) is 47.8 Å². The van der Waals surface area contributed by atoms with Crippen LogP contribution in [0.1, 0.15) is 26.6 Å². The van der Waals surface area contributed by atoms with Crippen molar-refractivity contribution in [1.29, 1.82) is 0 Å². The second-order valence-electron chi connectivity index (χ2n) is 6.03. The molecule has 0 radical (unpaired) electrons. The van der Waals surface area contributed by atoms with Gasteiger partial charge in [0.2, 0.25) is 0 Å². The molecule has 28 heavy (non-hydrogen) atoms. The van der Waals surface area contributed by atoms with E-state index in [1.165, 1.54) is 0 Å². The third-order valence-corrected chi connectivity index (χ3v) is 4.90. The van der Waals surface area contributed by atoms with E-state index in [-0.39, 0.29) is 5.91 Å². The minimum atomic E-state index is -0.195. The number of aromatic nitrogens is 1. The van der Waals surface area contributed by atoms with Crippen LogP contribution in [-0.2, 0) is 13.2 Å². The van der Waals surface area contributed by atoms with E-state index in [0.29, 0.717) is 36.0 Å². The van der Waals surface area contributed by atoms with Gasteiger partial charge in [-0.05, 0) is 43.3 Å². The van der Waals surface area contributed by atoms with Crippen LogP contribution < -0.4 is 19.5 Å². The zero-order valence-corrected chi connectivity index (χ0v) is 16.8. The first-order valence-corrected chi connectivity index (χ1v) is 9.60. The highest BCUT2D eigenvalue weighted by Crippen LogP contribution is 2.24. The second-order valence-corrected chi connectivity index (χ2v) is 7.10.